The highest BCUT2D eigenvalue weighted by molar-refractivity contribution is 5.89. The molecule has 0 bridgehead atoms. The summed E-state index contributed by atoms with van der Waals surface area (Å²) in [7, 11) is 0. The standard InChI is InChI=1S/C36H52O5.C8H10/c1-5-35-17-15-27(41-34(38)25-11-9-24(4)10-12-25)19-32(35)33(39-22-37)20-28-30(35)16-18-36-29(13-14-31(28)36)26(21-40-36)8-6-7-23(2)3;1-7-3-5-8(2)6-4-7/h9-12,22-23,26-33H,5-8,13-21H2,1-4H3;3-6H,1-2H3. The molecule has 0 radical (unpaired) electrons. The lowest BCUT2D eigenvalue weighted by Crippen LogP contribution is -2.61. The van der Waals surface area contributed by atoms with E-state index in [0.717, 1.165) is 50.2 Å². The fourth-order valence-corrected chi connectivity index (χ4v) is 11.6. The van der Waals surface area contributed by atoms with Gasteiger partial charge in [-0.15, -0.1) is 0 Å². The van der Waals surface area contributed by atoms with Gasteiger partial charge in [0.1, 0.15) is 12.2 Å². The van der Waals surface area contributed by atoms with E-state index >= 15 is 0 Å². The third kappa shape index (κ3) is 7.26. The van der Waals surface area contributed by atoms with Gasteiger partial charge in [-0.2, -0.15) is 0 Å². The molecular weight excluding hydrogens is 608 g/mol. The van der Waals surface area contributed by atoms with Crippen LogP contribution in [0.5, 0.6) is 0 Å². The summed E-state index contributed by atoms with van der Waals surface area (Å²) in [6.45, 7) is 14.9. The lowest BCUT2D eigenvalue weighted by atomic mass is 9.44. The van der Waals surface area contributed by atoms with Crippen molar-refractivity contribution in [2.75, 3.05) is 6.61 Å². The molecule has 4 saturated carbocycles. The van der Waals surface area contributed by atoms with Crippen molar-refractivity contribution < 1.29 is 23.8 Å². The van der Waals surface area contributed by atoms with Crippen LogP contribution in [0, 0.1) is 67.6 Å². The van der Waals surface area contributed by atoms with Crippen LogP contribution < -0.4 is 0 Å². The Morgan fingerprint density at radius 2 is 1.51 bits per heavy atom. The van der Waals surface area contributed by atoms with Crippen molar-refractivity contribution >= 4 is 12.4 Å². The molecule has 0 aromatic heterocycles. The van der Waals surface area contributed by atoms with Gasteiger partial charge in [0.05, 0.1) is 17.8 Å². The molecule has 1 saturated heterocycles. The first-order valence-electron chi connectivity index (χ1n) is 19.6. The molecule has 10 atom stereocenters. The number of carbonyl (C=O) groups is 2. The van der Waals surface area contributed by atoms with Gasteiger partial charge >= 0.3 is 5.97 Å². The normalized spacial score (nSPS) is 36.0. The van der Waals surface area contributed by atoms with Crippen LogP contribution in [-0.2, 0) is 19.0 Å². The van der Waals surface area contributed by atoms with E-state index in [1.807, 2.05) is 31.2 Å². The lowest BCUT2D eigenvalue weighted by molar-refractivity contribution is -0.205. The Morgan fingerprint density at radius 1 is 0.857 bits per heavy atom. The number of hydrogen-bond acceptors (Lipinski definition) is 5. The van der Waals surface area contributed by atoms with Crippen molar-refractivity contribution in [1.29, 1.82) is 0 Å². The van der Waals surface area contributed by atoms with Crippen molar-refractivity contribution in [1.82, 2.24) is 0 Å². The average Bonchev–Trinajstić information content (AvgIpc) is 3.64. The van der Waals surface area contributed by atoms with Crippen LogP contribution in [0.15, 0.2) is 48.5 Å². The summed E-state index contributed by atoms with van der Waals surface area (Å²) in [5.41, 5.74) is 4.59. The maximum absolute atomic E-state index is 13.0. The highest BCUT2D eigenvalue weighted by Crippen LogP contribution is 2.69. The summed E-state index contributed by atoms with van der Waals surface area (Å²) < 4.78 is 19.0. The van der Waals surface area contributed by atoms with E-state index < -0.39 is 0 Å². The Kier molecular flexibility index (Phi) is 11.3. The van der Waals surface area contributed by atoms with Crippen molar-refractivity contribution in [3.05, 3.63) is 70.8 Å². The molecule has 1 spiro atoms. The smallest absolute Gasteiger partial charge is 0.338 e. The highest BCUT2D eigenvalue weighted by atomic mass is 16.5. The van der Waals surface area contributed by atoms with E-state index in [2.05, 4.69) is 58.9 Å². The second-order valence-corrected chi connectivity index (χ2v) is 17.0. The van der Waals surface area contributed by atoms with Crippen LogP contribution in [0.3, 0.4) is 0 Å². The van der Waals surface area contributed by atoms with Crippen molar-refractivity contribution in [3.63, 3.8) is 0 Å². The number of benzene rings is 2. The first-order valence-corrected chi connectivity index (χ1v) is 19.6. The minimum Gasteiger partial charge on any atom is -0.464 e. The maximum atomic E-state index is 13.0. The fraction of sp³-hybridized carbons (Fsp3) is 0.682. The van der Waals surface area contributed by atoms with E-state index in [0.29, 0.717) is 41.6 Å². The van der Waals surface area contributed by atoms with Crippen LogP contribution in [0.25, 0.3) is 0 Å². The molecule has 0 amide bonds. The van der Waals surface area contributed by atoms with Gasteiger partial charge in [-0.1, -0.05) is 86.7 Å². The largest absolute Gasteiger partial charge is 0.464 e. The van der Waals surface area contributed by atoms with Gasteiger partial charge in [0.25, 0.3) is 6.47 Å². The molecule has 1 heterocycles. The number of esters is 1. The molecule has 2 aromatic carbocycles. The second kappa shape index (κ2) is 15.3. The third-order valence-corrected chi connectivity index (χ3v) is 14.0. The van der Waals surface area contributed by atoms with E-state index in [1.54, 1.807) is 0 Å². The Balaban J connectivity index is 0.000000459. The van der Waals surface area contributed by atoms with E-state index in [1.165, 1.54) is 56.1 Å². The highest BCUT2D eigenvalue weighted by Gasteiger charge is 2.67. The number of rotatable bonds is 9. The predicted octanol–water partition coefficient (Wildman–Crippen LogP) is 10.2. The van der Waals surface area contributed by atoms with Gasteiger partial charge in [-0.05, 0) is 138 Å². The molecule has 5 nitrogen and oxygen atoms in total. The topological polar surface area (TPSA) is 61.8 Å². The number of fused-ring (bicyclic) bond motifs is 4. The third-order valence-electron chi connectivity index (χ3n) is 14.0. The Labute approximate surface area is 296 Å². The molecule has 5 heteroatoms. The molecule has 268 valence electrons. The van der Waals surface area contributed by atoms with Crippen molar-refractivity contribution in [2.24, 2.45) is 46.8 Å². The van der Waals surface area contributed by atoms with Crippen LogP contribution >= 0.6 is 0 Å². The molecule has 10 unspecified atom stereocenters. The summed E-state index contributed by atoms with van der Waals surface area (Å²) in [6.07, 6.45) is 13.5. The van der Waals surface area contributed by atoms with Gasteiger partial charge < -0.3 is 14.2 Å². The number of carbonyl (C=O) groups excluding carboxylic acids is 2. The molecular formula is C44H62O5. The number of ether oxygens (including phenoxy) is 3. The minimum atomic E-state index is -0.238. The average molecular weight is 671 g/mol. The lowest BCUT2D eigenvalue weighted by Gasteiger charge is -2.63. The Hall–Kier alpha value is -2.66. The van der Waals surface area contributed by atoms with Crippen LogP contribution in [-0.4, -0.2) is 36.9 Å². The van der Waals surface area contributed by atoms with Crippen LogP contribution in [0.1, 0.15) is 125 Å². The van der Waals surface area contributed by atoms with Crippen molar-refractivity contribution in [3.8, 4) is 0 Å². The van der Waals surface area contributed by atoms with Gasteiger partial charge in [-0.3, -0.25) is 4.79 Å². The fourth-order valence-electron chi connectivity index (χ4n) is 11.6. The summed E-state index contributed by atoms with van der Waals surface area (Å²) >= 11 is 0. The molecule has 0 N–H and O–H groups in total. The molecule has 1 aliphatic heterocycles. The van der Waals surface area contributed by atoms with E-state index in [9.17, 15) is 9.59 Å². The predicted molar refractivity (Wildman–Crippen MR) is 195 cm³/mol. The SMILES string of the molecule is CCC12CCC(OC(=O)c3ccc(C)cc3)CC1C(OC=O)CC1C2CCC23OCC(CCCC(C)C)C2CCC13.Cc1ccc(C)cc1. The summed E-state index contributed by atoms with van der Waals surface area (Å²) in [5.74, 6) is 3.97. The molecule has 2 aromatic rings. The first-order chi connectivity index (χ1) is 23.6. The molecule has 7 rings (SSSR count). The van der Waals surface area contributed by atoms with Crippen molar-refractivity contribution in [2.45, 2.75) is 136 Å². The minimum absolute atomic E-state index is 0.0535. The quantitative estimate of drug-likeness (QED) is 0.196. The summed E-state index contributed by atoms with van der Waals surface area (Å²) in [6, 6.07) is 16.1. The van der Waals surface area contributed by atoms with Crippen LogP contribution in [0.4, 0.5) is 0 Å². The van der Waals surface area contributed by atoms with Gasteiger partial charge in [-0.25, -0.2) is 4.79 Å². The van der Waals surface area contributed by atoms with E-state index in [4.69, 9.17) is 14.2 Å². The molecule has 5 aliphatic rings. The Bertz CT molecular complexity index is 1380. The van der Waals surface area contributed by atoms with Crippen LogP contribution in [0.2, 0.25) is 0 Å². The zero-order chi connectivity index (χ0) is 34.8. The summed E-state index contributed by atoms with van der Waals surface area (Å²) in [4.78, 5) is 24.8. The Morgan fingerprint density at radius 3 is 2.14 bits per heavy atom. The summed E-state index contributed by atoms with van der Waals surface area (Å²) in [5, 5.41) is 0. The zero-order valence-corrected chi connectivity index (χ0v) is 31.1. The first kappa shape index (κ1) is 36.1. The van der Waals surface area contributed by atoms with E-state index in [-0.39, 0.29) is 35.1 Å². The van der Waals surface area contributed by atoms with Gasteiger partial charge in [0.2, 0.25) is 0 Å². The van der Waals surface area contributed by atoms with Gasteiger partial charge in [0, 0.05) is 5.92 Å². The second-order valence-electron chi connectivity index (χ2n) is 17.0. The molecule has 5 fully saturated rings. The monoisotopic (exact) mass is 670 g/mol. The van der Waals surface area contributed by atoms with Gasteiger partial charge in [0.15, 0.2) is 0 Å². The number of aryl methyl sites for hydroxylation is 3. The molecule has 49 heavy (non-hydrogen) atoms. The molecule has 4 aliphatic carbocycles. The maximum Gasteiger partial charge on any atom is 0.338 e. The number of hydrogen-bond donors (Lipinski definition) is 0. The zero-order valence-electron chi connectivity index (χ0n) is 31.1.